The van der Waals surface area contributed by atoms with Crippen LogP contribution in [0.15, 0.2) is 36.5 Å². The number of nitro groups is 1. The van der Waals surface area contributed by atoms with E-state index in [9.17, 15) is 14.9 Å². The number of nitrogens with one attached hydrogen (secondary N) is 1. The lowest BCUT2D eigenvalue weighted by molar-refractivity contribution is -0.384. The molecule has 0 spiro atoms. The monoisotopic (exact) mass is 287 g/mol. The van der Waals surface area contributed by atoms with Crippen molar-refractivity contribution in [1.82, 2.24) is 4.57 Å². The molecule has 1 aromatic heterocycles. The number of aromatic nitrogens is 1. The van der Waals surface area contributed by atoms with Gasteiger partial charge in [0.15, 0.2) is 0 Å². The van der Waals surface area contributed by atoms with Crippen LogP contribution in [0.5, 0.6) is 0 Å². The maximum atomic E-state index is 12.1. The summed E-state index contributed by atoms with van der Waals surface area (Å²) < 4.78 is 1.44. The SMILES string of the molecule is CC(C)c1ccc(NC(=O)c2cc([N+](=O)[O-])cn2C)cc1. The third-order valence-corrected chi connectivity index (χ3v) is 3.27. The first-order valence-electron chi connectivity index (χ1n) is 6.60. The van der Waals surface area contributed by atoms with Crippen LogP contribution in [0, 0.1) is 10.1 Å². The van der Waals surface area contributed by atoms with Gasteiger partial charge in [-0.2, -0.15) is 0 Å². The van der Waals surface area contributed by atoms with Gasteiger partial charge in [-0.3, -0.25) is 14.9 Å². The first kappa shape index (κ1) is 14.8. The molecule has 2 rings (SSSR count). The molecule has 1 aromatic carbocycles. The Kier molecular flexibility index (Phi) is 4.07. The number of amides is 1. The average Bonchev–Trinajstić information content (AvgIpc) is 2.81. The minimum atomic E-state index is -0.520. The molecule has 0 bridgehead atoms. The minimum absolute atomic E-state index is 0.0993. The third kappa shape index (κ3) is 3.28. The standard InChI is InChI=1S/C15H17N3O3/c1-10(2)11-4-6-12(7-5-11)16-15(19)14-8-13(18(20)21)9-17(14)3/h4-10H,1-3H3,(H,16,19). The summed E-state index contributed by atoms with van der Waals surface area (Å²) in [6.45, 7) is 4.19. The third-order valence-electron chi connectivity index (χ3n) is 3.27. The summed E-state index contributed by atoms with van der Waals surface area (Å²) in [4.78, 5) is 22.3. The smallest absolute Gasteiger partial charge is 0.287 e. The number of anilines is 1. The van der Waals surface area contributed by atoms with E-state index in [0.29, 0.717) is 11.6 Å². The Morgan fingerprint density at radius 3 is 2.38 bits per heavy atom. The number of carbonyl (C=O) groups excluding carboxylic acids is 1. The molecule has 1 N–H and O–H groups in total. The van der Waals surface area contributed by atoms with Gasteiger partial charge in [0, 0.05) is 18.8 Å². The van der Waals surface area contributed by atoms with Gasteiger partial charge in [0.1, 0.15) is 5.69 Å². The highest BCUT2D eigenvalue weighted by molar-refractivity contribution is 6.03. The molecule has 0 saturated carbocycles. The molecule has 0 aliphatic heterocycles. The molecule has 0 radical (unpaired) electrons. The molecular weight excluding hydrogens is 270 g/mol. The van der Waals surface area contributed by atoms with Gasteiger partial charge in [0.2, 0.25) is 0 Å². The maximum absolute atomic E-state index is 12.1. The van der Waals surface area contributed by atoms with E-state index >= 15 is 0 Å². The van der Waals surface area contributed by atoms with Crippen LogP contribution in [0.1, 0.15) is 35.8 Å². The van der Waals surface area contributed by atoms with E-state index in [4.69, 9.17) is 0 Å². The number of aryl methyl sites for hydroxylation is 1. The van der Waals surface area contributed by atoms with E-state index in [0.717, 1.165) is 0 Å². The first-order valence-corrected chi connectivity index (χ1v) is 6.60. The first-order chi connectivity index (χ1) is 9.88. The minimum Gasteiger partial charge on any atom is -0.340 e. The Morgan fingerprint density at radius 1 is 1.29 bits per heavy atom. The Bertz CT molecular complexity index is 672. The lowest BCUT2D eigenvalue weighted by atomic mass is 10.0. The molecule has 6 nitrogen and oxygen atoms in total. The highest BCUT2D eigenvalue weighted by atomic mass is 16.6. The van der Waals surface area contributed by atoms with Crippen molar-refractivity contribution in [3.05, 3.63) is 57.9 Å². The van der Waals surface area contributed by atoms with Crippen LogP contribution in [0.4, 0.5) is 11.4 Å². The average molecular weight is 287 g/mol. The zero-order valence-corrected chi connectivity index (χ0v) is 12.2. The topological polar surface area (TPSA) is 77.2 Å². The van der Waals surface area contributed by atoms with Crippen LogP contribution in [0.2, 0.25) is 0 Å². The van der Waals surface area contributed by atoms with E-state index in [2.05, 4.69) is 19.2 Å². The summed E-state index contributed by atoms with van der Waals surface area (Å²) in [5.74, 6) is 0.0492. The zero-order valence-electron chi connectivity index (χ0n) is 12.2. The van der Waals surface area contributed by atoms with Gasteiger partial charge in [-0.05, 0) is 23.6 Å². The second-order valence-corrected chi connectivity index (χ2v) is 5.18. The number of hydrogen-bond acceptors (Lipinski definition) is 3. The molecule has 1 amide bonds. The summed E-state index contributed by atoms with van der Waals surface area (Å²) in [7, 11) is 1.60. The summed E-state index contributed by atoms with van der Waals surface area (Å²) in [5, 5.41) is 13.4. The molecule has 0 aliphatic rings. The number of hydrogen-bond donors (Lipinski definition) is 1. The molecule has 1 heterocycles. The summed E-state index contributed by atoms with van der Waals surface area (Å²) in [6.07, 6.45) is 1.32. The van der Waals surface area contributed by atoms with Crippen LogP contribution in [0.3, 0.4) is 0 Å². The van der Waals surface area contributed by atoms with Gasteiger partial charge in [0.25, 0.3) is 11.6 Å². The number of rotatable bonds is 4. The van der Waals surface area contributed by atoms with Gasteiger partial charge >= 0.3 is 0 Å². The van der Waals surface area contributed by atoms with Crippen molar-refractivity contribution in [1.29, 1.82) is 0 Å². The molecule has 0 unspecified atom stereocenters. The largest absolute Gasteiger partial charge is 0.340 e. The summed E-state index contributed by atoms with van der Waals surface area (Å²) in [6, 6.07) is 8.81. The van der Waals surface area contributed by atoms with Crippen molar-refractivity contribution >= 4 is 17.3 Å². The molecule has 110 valence electrons. The van der Waals surface area contributed by atoms with Gasteiger partial charge in [-0.15, -0.1) is 0 Å². The van der Waals surface area contributed by atoms with Crippen LogP contribution < -0.4 is 5.32 Å². The fraction of sp³-hybridized carbons (Fsp3) is 0.267. The normalized spacial score (nSPS) is 10.7. The maximum Gasteiger partial charge on any atom is 0.287 e. The second-order valence-electron chi connectivity index (χ2n) is 5.18. The van der Waals surface area contributed by atoms with Gasteiger partial charge < -0.3 is 9.88 Å². The Morgan fingerprint density at radius 2 is 1.90 bits per heavy atom. The van der Waals surface area contributed by atoms with E-state index < -0.39 is 4.92 Å². The van der Waals surface area contributed by atoms with Crippen LogP contribution in [-0.2, 0) is 7.05 Å². The highest BCUT2D eigenvalue weighted by Gasteiger charge is 2.17. The lowest BCUT2D eigenvalue weighted by Gasteiger charge is -2.08. The molecule has 0 saturated heterocycles. The predicted octanol–water partition coefficient (Wildman–Crippen LogP) is 3.31. The molecule has 0 atom stereocenters. The summed E-state index contributed by atoms with van der Waals surface area (Å²) in [5.41, 5.74) is 1.99. The summed E-state index contributed by atoms with van der Waals surface area (Å²) >= 11 is 0. The van der Waals surface area contributed by atoms with Crippen molar-refractivity contribution in [2.24, 2.45) is 7.05 Å². The van der Waals surface area contributed by atoms with E-state index in [1.54, 1.807) is 7.05 Å². The molecular formula is C15H17N3O3. The lowest BCUT2D eigenvalue weighted by Crippen LogP contribution is -2.15. The van der Waals surface area contributed by atoms with Gasteiger partial charge in [0.05, 0.1) is 11.1 Å². The second kappa shape index (κ2) is 5.78. The van der Waals surface area contributed by atoms with E-state index in [-0.39, 0.29) is 17.3 Å². The molecule has 0 fully saturated rings. The van der Waals surface area contributed by atoms with Crippen LogP contribution in [0.25, 0.3) is 0 Å². The molecule has 21 heavy (non-hydrogen) atoms. The molecule has 2 aromatic rings. The number of carbonyl (C=O) groups is 1. The highest BCUT2D eigenvalue weighted by Crippen LogP contribution is 2.19. The van der Waals surface area contributed by atoms with Crippen molar-refractivity contribution in [2.75, 3.05) is 5.32 Å². The Balaban J connectivity index is 2.16. The van der Waals surface area contributed by atoms with Crippen molar-refractivity contribution in [3.8, 4) is 0 Å². The van der Waals surface area contributed by atoms with Crippen molar-refractivity contribution in [3.63, 3.8) is 0 Å². The van der Waals surface area contributed by atoms with E-state index in [1.807, 2.05) is 24.3 Å². The predicted molar refractivity (Wildman–Crippen MR) is 80.6 cm³/mol. The van der Waals surface area contributed by atoms with Gasteiger partial charge in [-0.25, -0.2) is 0 Å². The quantitative estimate of drug-likeness (QED) is 0.692. The number of benzene rings is 1. The van der Waals surface area contributed by atoms with Crippen molar-refractivity contribution in [2.45, 2.75) is 19.8 Å². The fourth-order valence-electron chi connectivity index (χ4n) is 2.02. The van der Waals surface area contributed by atoms with E-state index in [1.165, 1.54) is 22.4 Å². The molecule has 6 heteroatoms. The Hall–Kier alpha value is -2.63. The van der Waals surface area contributed by atoms with Gasteiger partial charge in [-0.1, -0.05) is 26.0 Å². The van der Waals surface area contributed by atoms with Crippen LogP contribution in [-0.4, -0.2) is 15.4 Å². The number of nitrogens with zero attached hydrogens (tertiary/aromatic N) is 2. The Labute approximate surface area is 122 Å². The molecule has 0 aliphatic carbocycles. The van der Waals surface area contributed by atoms with Crippen molar-refractivity contribution < 1.29 is 9.72 Å². The zero-order chi connectivity index (χ0) is 15.6. The fourth-order valence-corrected chi connectivity index (χ4v) is 2.02. The van der Waals surface area contributed by atoms with Crippen LogP contribution >= 0.6 is 0 Å².